The van der Waals surface area contributed by atoms with Crippen molar-refractivity contribution in [2.24, 2.45) is 0 Å². The molecule has 4 rings (SSSR count). The van der Waals surface area contributed by atoms with Crippen LogP contribution in [-0.2, 0) is 6.54 Å². The van der Waals surface area contributed by atoms with E-state index in [1.807, 2.05) is 53.5 Å². The summed E-state index contributed by atoms with van der Waals surface area (Å²) in [6.45, 7) is 2.75. The Morgan fingerprint density at radius 1 is 1.04 bits per heavy atom. The minimum absolute atomic E-state index is 0.677. The number of hydrogen-bond donors (Lipinski definition) is 1. The standard InChI is InChI=1S/C18H17N5/c1-14-7-9-22-16(13-20-18(22)11-14)12-19-17-8-10-23(21-17)15-5-3-2-4-6-15/h2-11,13H,12H2,1H3,(H,19,21). The molecule has 3 aromatic heterocycles. The molecule has 23 heavy (non-hydrogen) atoms. The maximum atomic E-state index is 4.55. The number of para-hydroxylation sites is 1. The first-order chi connectivity index (χ1) is 11.3. The molecule has 114 valence electrons. The smallest absolute Gasteiger partial charge is 0.148 e. The quantitative estimate of drug-likeness (QED) is 0.628. The minimum atomic E-state index is 0.677. The van der Waals surface area contributed by atoms with Crippen LogP contribution in [0.2, 0.25) is 0 Å². The van der Waals surface area contributed by atoms with Crippen molar-refractivity contribution in [2.75, 3.05) is 5.32 Å². The van der Waals surface area contributed by atoms with Crippen molar-refractivity contribution in [2.45, 2.75) is 13.5 Å². The lowest BCUT2D eigenvalue weighted by molar-refractivity contribution is 0.874. The van der Waals surface area contributed by atoms with E-state index in [0.29, 0.717) is 6.54 Å². The second-order valence-corrected chi connectivity index (χ2v) is 5.52. The van der Waals surface area contributed by atoms with E-state index in [2.05, 4.69) is 45.1 Å². The average molecular weight is 303 g/mol. The summed E-state index contributed by atoms with van der Waals surface area (Å²) in [6.07, 6.45) is 5.91. The second kappa shape index (κ2) is 5.61. The van der Waals surface area contributed by atoms with E-state index < -0.39 is 0 Å². The Bertz CT molecular complexity index is 936. The number of anilines is 1. The summed E-state index contributed by atoms with van der Waals surface area (Å²) < 4.78 is 3.95. The Morgan fingerprint density at radius 3 is 2.78 bits per heavy atom. The van der Waals surface area contributed by atoms with Crippen molar-refractivity contribution in [3.63, 3.8) is 0 Å². The van der Waals surface area contributed by atoms with Gasteiger partial charge in [0.1, 0.15) is 11.5 Å². The first-order valence-corrected chi connectivity index (χ1v) is 7.57. The molecule has 0 fully saturated rings. The summed E-state index contributed by atoms with van der Waals surface area (Å²) in [6, 6.07) is 16.2. The highest BCUT2D eigenvalue weighted by atomic mass is 15.3. The zero-order valence-electron chi connectivity index (χ0n) is 12.8. The Kier molecular flexibility index (Phi) is 3.31. The van der Waals surface area contributed by atoms with Gasteiger partial charge in [0.2, 0.25) is 0 Å². The van der Waals surface area contributed by atoms with Gasteiger partial charge in [-0.05, 0) is 36.8 Å². The zero-order chi connectivity index (χ0) is 15.6. The largest absolute Gasteiger partial charge is 0.363 e. The number of imidazole rings is 1. The lowest BCUT2D eigenvalue weighted by Crippen LogP contribution is -2.04. The maximum absolute atomic E-state index is 4.55. The predicted octanol–water partition coefficient (Wildman–Crippen LogP) is 3.44. The molecule has 0 amide bonds. The van der Waals surface area contributed by atoms with E-state index >= 15 is 0 Å². The number of fused-ring (bicyclic) bond motifs is 1. The highest BCUT2D eigenvalue weighted by Gasteiger charge is 2.05. The van der Waals surface area contributed by atoms with Crippen LogP contribution in [0, 0.1) is 6.92 Å². The van der Waals surface area contributed by atoms with Gasteiger partial charge < -0.3 is 9.72 Å². The molecule has 0 aliphatic carbocycles. The van der Waals surface area contributed by atoms with E-state index in [-0.39, 0.29) is 0 Å². The van der Waals surface area contributed by atoms with Crippen LogP contribution in [0.4, 0.5) is 5.82 Å². The molecular formula is C18H17N5. The van der Waals surface area contributed by atoms with Crippen molar-refractivity contribution >= 4 is 11.5 Å². The fraction of sp³-hybridized carbons (Fsp3) is 0.111. The summed E-state index contributed by atoms with van der Waals surface area (Å²) in [5, 5.41) is 7.90. The van der Waals surface area contributed by atoms with E-state index in [1.165, 1.54) is 5.56 Å². The number of nitrogens with one attached hydrogen (secondary N) is 1. The molecule has 0 atom stereocenters. The van der Waals surface area contributed by atoms with Crippen LogP contribution in [0.3, 0.4) is 0 Å². The van der Waals surface area contributed by atoms with Crippen LogP contribution in [0.1, 0.15) is 11.3 Å². The Labute approximate surface area is 134 Å². The molecule has 1 N–H and O–H groups in total. The molecule has 0 aliphatic heterocycles. The zero-order valence-corrected chi connectivity index (χ0v) is 12.8. The van der Waals surface area contributed by atoms with Crippen LogP contribution >= 0.6 is 0 Å². The molecule has 3 heterocycles. The van der Waals surface area contributed by atoms with Gasteiger partial charge in [0.15, 0.2) is 0 Å². The normalized spacial score (nSPS) is 11.0. The first kappa shape index (κ1) is 13.6. The molecule has 1 aromatic carbocycles. The SMILES string of the molecule is Cc1ccn2c(CNc3ccn(-c4ccccc4)n3)cnc2c1. The van der Waals surface area contributed by atoms with Gasteiger partial charge in [-0.2, -0.15) is 5.10 Å². The monoisotopic (exact) mass is 303 g/mol. The number of aromatic nitrogens is 4. The van der Waals surface area contributed by atoms with Gasteiger partial charge in [0.05, 0.1) is 24.1 Å². The van der Waals surface area contributed by atoms with Crippen molar-refractivity contribution in [3.8, 4) is 5.69 Å². The van der Waals surface area contributed by atoms with E-state index in [4.69, 9.17) is 0 Å². The maximum Gasteiger partial charge on any atom is 0.148 e. The summed E-state index contributed by atoms with van der Waals surface area (Å²) >= 11 is 0. The Hall–Kier alpha value is -3.08. The molecular weight excluding hydrogens is 286 g/mol. The van der Waals surface area contributed by atoms with Crippen LogP contribution in [0.15, 0.2) is 67.1 Å². The fourth-order valence-electron chi connectivity index (χ4n) is 2.59. The number of aryl methyl sites for hydroxylation is 1. The van der Waals surface area contributed by atoms with Crippen molar-refractivity contribution in [1.29, 1.82) is 0 Å². The number of pyridine rings is 1. The van der Waals surface area contributed by atoms with Crippen LogP contribution in [0.5, 0.6) is 0 Å². The van der Waals surface area contributed by atoms with Gasteiger partial charge in [-0.3, -0.25) is 0 Å². The average Bonchev–Trinajstić information content (AvgIpc) is 3.20. The van der Waals surface area contributed by atoms with Crippen LogP contribution in [0.25, 0.3) is 11.3 Å². The lowest BCUT2D eigenvalue weighted by atomic mass is 10.3. The minimum Gasteiger partial charge on any atom is -0.363 e. The highest BCUT2D eigenvalue weighted by molar-refractivity contribution is 5.44. The van der Waals surface area contributed by atoms with Crippen LogP contribution < -0.4 is 5.32 Å². The van der Waals surface area contributed by atoms with Crippen molar-refractivity contribution in [3.05, 3.63) is 78.4 Å². The number of rotatable bonds is 4. The lowest BCUT2D eigenvalue weighted by Gasteiger charge is -2.04. The van der Waals surface area contributed by atoms with E-state index in [0.717, 1.165) is 22.8 Å². The molecule has 0 radical (unpaired) electrons. The van der Waals surface area contributed by atoms with Gasteiger partial charge >= 0.3 is 0 Å². The number of nitrogens with zero attached hydrogens (tertiary/aromatic N) is 4. The topological polar surface area (TPSA) is 47.1 Å². The van der Waals surface area contributed by atoms with Crippen molar-refractivity contribution in [1.82, 2.24) is 19.2 Å². The second-order valence-electron chi connectivity index (χ2n) is 5.52. The van der Waals surface area contributed by atoms with E-state index in [9.17, 15) is 0 Å². The Morgan fingerprint density at radius 2 is 1.91 bits per heavy atom. The molecule has 4 aromatic rings. The van der Waals surface area contributed by atoms with Gasteiger partial charge in [-0.1, -0.05) is 18.2 Å². The summed E-state index contributed by atoms with van der Waals surface area (Å²) in [5.41, 5.74) is 4.33. The summed E-state index contributed by atoms with van der Waals surface area (Å²) in [7, 11) is 0. The summed E-state index contributed by atoms with van der Waals surface area (Å²) in [4.78, 5) is 4.44. The Balaban J connectivity index is 1.52. The third-order valence-corrected chi connectivity index (χ3v) is 3.81. The molecule has 0 aliphatic rings. The molecule has 5 nitrogen and oxygen atoms in total. The van der Waals surface area contributed by atoms with Gasteiger partial charge in [0.25, 0.3) is 0 Å². The van der Waals surface area contributed by atoms with Gasteiger partial charge in [-0.25, -0.2) is 9.67 Å². The third kappa shape index (κ3) is 2.68. The van der Waals surface area contributed by atoms with Gasteiger partial charge in [-0.15, -0.1) is 0 Å². The molecule has 0 unspecified atom stereocenters. The highest BCUT2D eigenvalue weighted by Crippen LogP contribution is 2.13. The molecule has 0 saturated carbocycles. The third-order valence-electron chi connectivity index (χ3n) is 3.81. The van der Waals surface area contributed by atoms with E-state index in [1.54, 1.807) is 0 Å². The van der Waals surface area contributed by atoms with Crippen molar-refractivity contribution < 1.29 is 0 Å². The number of benzene rings is 1. The predicted molar refractivity (Wildman–Crippen MR) is 90.8 cm³/mol. The number of hydrogen-bond acceptors (Lipinski definition) is 3. The molecule has 0 saturated heterocycles. The molecule has 5 heteroatoms. The van der Waals surface area contributed by atoms with Gasteiger partial charge in [0, 0.05) is 18.5 Å². The van der Waals surface area contributed by atoms with Crippen LogP contribution in [-0.4, -0.2) is 19.2 Å². The fourth-order valence-corrected chi connectivity index (χ4v) is 2.59. The molecule has 0 bridgehead atoms. The first-order valence-electron chi connectivity index (χ1n) is 7.57. The summed E-state index contributed by atoms with van der Waals surface area (Å²) in [5.74, 6) is 0.843. The molecule has 0 spiro atoms.